The van der Waals surface area contributed by atoms with Crippen molar-refractivity contribution in [2.75, 3.05) is 0 Å². The van der Waals surface area contributed by atoms with Crippen molar-refractivity contribution in [3.8, 4) is 0 Å². The normalized spacial score (nSPS) is 11.8. The molecule has 0 unspecified atom stereocenters. The van der Waals surface area contributed by atoms with Gasteiger partial charge in [0, 0.05) is 0 Å². The molecule has 0 saturated heterocycles. The van der Waals surface area contributed by atoms with Gasteiger partial charge in [0.1, 0.15) is 20.2 Å². The van der Waals surface area contributed by atoms with Gasteiger partial charge in [0.05, 0.1) is 9.79 Å². The van der Waals surface area contributed by atoms with E-state index < -0.39 is 20.2 Å². The van der Waals surface area contributed by atoms with Gasteiger partial charge >= 0.3 is 37.7 Å². The molecule has 0 saturated carbocycles. The first-order valence-corrected chi connectivity index (χ1v) is 38.8. The summed E-state index contributed by atoms with van der Waals surface area (Å²) in [4.78, 5) is 0.0548. The van der Waals surface area contributed by atoms with Crippen molar-refractivity contribution in [3.63, 3.8) is 0 Å². The molecule has 4 rings (SSSR count). The van der Waals surface area contributed by atoms with Crippen molar-refractivity contribution in [1.82, 2.24) is 0 Å². The molecule has 0 spiro atoms. The van der Waals surface area contributed by atoms with E-state index in [1.165, 1.54) is 281 Å². The fraction of sp³-hybridized carbons (Fsp3) is 0.737. The molecule has 0 heterocycles. The summed E-state index contributed by atoms with van der Waals surface area (Å²) in [5.74, 6) is 0. The molecule has 0 amide bonds. The Hall–Kier alpha value is -1.52. The molecule has 9 heteroatoms. The Labute approximate surface area is 555 Å². The zero-order chi connectivity index (χ0) is 60.6. The van der Waals surface area contributed by atoms with Gasteiger partial charge in [-0.3, -0.25) is 0 Å². The molecule has 0 radical (unpaired) electrons. The van der Waals surface area contributed by atoms with Gasteiger partial charge < -0.3 is 9.11 Å². The number of rotatable bonds is 54. The minimum absolute atomic E-state index is 0. The van der Waals surface area contributed by atoms with E-state index in [9.17, 15) is 25.9 Å². The zero-order valence-corrected chi connectivity index (χ0v) is 59.4. The van der Waals surface area contributed by atoms with Gasteiger partial charge in [-0.2, -0.15) is 0 Å². The quantitative estimate of drug-likeness (QED) is 0.0247. The number of fused-ring (bicyclic) bond motifs is 2. The monoisotopic (exact) mass is 1240 g/mol. The number of benzene rings is 4. The molecule has 6 nitrogen and oxygen atoms in total. The van der Waals surface area contributed by atoms with Crippen LogP contribution in [0.1, 0.15) is 358 Å². The van der Waals surface area contributed by atoms with Crippen molar-refractivity contribution in [3.05, 3.63) is 82.9 Å². The molecule has 4 aromatic rings. The maximum atomic E-state index is 12.4. The second kappa shape index (κ2) is 52.1. The van der Waals surface area contributed by atoms with Crippen LogP contribution in [0.2, 0.25) is 0 Å². The van der Waals surface area contributed by atoms with E-state index in [-0.39, 0.29) is 47.5 Å². The Morgan fingerprint density at radius 3 is 0.624 bits per heavy atom. The minimum Gasteiger partial charge on any atom is -0.744 e. The van der Waals surface area contributed by atoms with Gasteiger partial charge in [0.2, 0.25) is 0 Å². The fourth-order valence-corrected chi connectivity index (χ4v) is 14.8. The van der Waals surface area contributed by atoms with E-state index in [2.05, 4.69) is 52.0 Å². The van der Waals surface area contributed by atoms with Gasteiger partial charge in [-0.1, -0.05) is 371 Å². The molecule has 0 aliphatic heterocycles. The van der Waals surface area contributed by atoms with E-state index >= 15 is 0 Å². The van der Waals surface area contributed by atoms with Crippen LogP contribution in [0.5, 0.6) is 0 Å². The van der Waals surface area contributed by atoms with Crippen LogP contribution in [0.4, 0.5) is 0 Å². The molecule has 4 aromatic carbocycles. The van der Waals surface area contributed by atoms with E-state index in [1.54, 1.807) is 0 Å². The summed E-state index contributed by atoms with van der Waals surface area (Å²) in [7, 11) is -9.08. The number of unbranched alkanes of at least 4 members (excludes halogenated alkanes) is 44. The molecular weight excluding hydrogens is 1110 g/mol. The summed E-state index contributed by atoms with van der Waals surface area (Å²) in [6, 6.07) is 19.7. The smallest absolute Gasteiger partial charge is 0.744 e. The van der Waals surface area contributed by atoms with Crippen LogP contribution in [0.25, 0.3) is 21.5 Å². The topological polar surface area (TPSA) is 114 Å². The SMILES string of the molecule is CCCCCCCCCCCCCCc1ccc2c(CCCCCCCCCCCCCC)cccc2c1S(=O)(=O)[O-].CCCCCCCCCCCCCCc1ccc2c(CCCCCCCCCCCCCC)cccc2c1S(=O)(=O)[O-].[Ca+2]. The Morgan fingerprint density at radius 2 is 0.424 bits per heavy atom. The number of hydrogen-bond donors (Lipinski definition) is 0. The first kappa shape index (κ1) is 79.6. The van der Waals surface area contributed by atoms with E-state index in [0.717, 1.165) is 62.1 Å². The first-order chi connectivity index (χ1) is 41.0. The predicted molar refractivity (Wildman–Crippen MR) is 369 cm³/mol. The Bertz CT molecular complexity index is 2300. The molecule has 0 aliphatic carbocycles. The Morgan fingerprint density at radius 1 is 0.235 bits per heavy atom. The van der Waals surface area contributed by atoms with Crippen LogP contribution in [0.15, 0.2) is 70.5 Å². The average Bonchev–Trinajstić information content (AvgIpc) is 1.59. The molecule has 0 aromatic heterocycles. The van der Waals surface area contributed by atoms with Crippen molar-refractivity contribution < 1.29 is 25.9 Å². The largest absolute Gasteiger partial charge is 2.00 e. The second-order valence-corrected chi connectivity index (χ2v) is 28.2. The summed E-state index contributed by atoms with van der Waals surface area (Å²) >= 11 is 0. The third-order valence-corrected chi connectivity index (χ3v) is 20.0. The summed E-state index contributed by atoms with van der Waals surface area (Å²) in [6.07, 6.45) is 65.4. The van der Waals surface area contributed by atoms with Gasteiger partial charge in [0.25, 0.3) is 0 Å². The maximum Gasteiger partial charge on any atom is 2.00 e. The molecule has 0 bridgehead atoms. The second-order valence-electron chi connectivity index (χ2n) is 25.6. The van der Waals surface area contributed by atoms with Crippen LogP contribution in [-0.2, 0) is 45.9 Å². The van der Waals surface area contributed by atoms with Crippen LogP contribution in [0, 0.1) is 0 Å². The molecule has 0 fully saturated rings. The number of hydrogen-bond acceptors (Lipinski definition) is 6. The van der Waals surface area contributed by atoms with E-state index in [0.29, 0.717) is 34.7 Å². The maximum absolute atomic E-state index is 12.4. The summed E-state index contributed by atoms with van der Waals surface area (Å²) in [6.45, 7) is 9.06. The number of aryl methyl sites for hydroxylation is 4. The van der Waals surface area contributed by atoms with Crippen LogP contribution >= 0.6 is 0 Å². The van der Waals surface area contributed by atoms with Crippen LogP contribution in [-0.4, -0.2) is 63.7 Å². The summed E-state index contributed by atoms with van der Waals surface area (Å²) in [5.41, 5.74) is 3.74. The minimum atomic E-state index is -4.54. The van der Waals surface area contributed by atoms with Crippen molar-refractivity contribution in [2.24, 2.45) is 0 Å². The van der Waals surface area contributed by atoms with Crippen molar-refractivity contribution in [1.29, 1.82) is 0 Å². The van der Waals surface area contributed by atoms with E-state index in [4.69, 9.17) is 0 Å². The van der Waals surface area contributed by atoms with Crippen LogP contribution < -0.4 is 0 Å². The third kappa shape index (κ3) is 36.8. The first-order valence-electron chi connectivity index (χ1n) is 36.0. The van der Waals surface area contributed by atoms with Gasteiger partial charge in [-0.05, 0) is 95.2 Å². The average molecular weight is 1240 g/mol. The Kier molecular flexibility index (Phi) is 48.8. The molecular formula is C76H126CaO6S2. The van der Waals surface area contributed by atoms with Gasteiger partial charge in [-0.15, -0.1) is 0 Å². The van der Waals surface area contributed by atoms with Gasteiger partial charge in [-0.25, -0.2) is 16.8 Å². The third-order valence-electron chi connectivity index (χ3n) is 18.1. The molecule has 0 N–H and O–H groups in total. The van der Waals surface area contributed by atoms with E-state index in [1.807, 2.05) is 36.4 Å². The fourth-order valence-electron chi connectivity index (χ4n) is 12.9. The molecule has 0 aliphatic rings. The zero-order valence-electron chi connectivity index (χ0n) is 55.5. The molecule has 480 valence electrons. The molecule has 85 heavy (non-hydrogen) atoms. The Balaban J connectivity index is 0.000000573. The standard InChI is InChI=1S/2C38H64O3S.Ca/c2*1-3-5-7-9-11-13-15-17-19-21-23-25-28-34-30-27-31-37-36(34)33-32-35(38(37)42(39,40)41)29-26-24-22-20-18-16-14-12-10-8-6-4-2;/h2*27,30-33H,3-26,28-29H2,1-2H3,(H,39,40,41);/q;;+2/p-2. The van der Waals surface area contributed by atoms with Crippen LogP contribution in [0.3, 0.4) is 0 Å². The van der Waals surface area contributed by atoms with Gasteiger partial charge in [0.15, 0.2) is 0 Å². The van der Waals surface area contributed by atoms with Crippen molar-refractivity contribution in [2.45, 2.75) is 371 Å². The summed E-state index contributed by atoms with van der Waals surface area (Å²) < 4.78 is 74.5. The summed E-state index contributed by atoms with van der Waals surface area (Å²) in [5, 5.41) is 3.12. The predicted octanol–water partition coefficient (Wildman–Crippen LogP) is 24.1. The molecule has 0 atom stereocenters. The van der Waals surface area contributed by atoms with Crippen molar-refractivity contribution >= 4 is 79.5 Å².